The minimum absolute atomic E-state index is 0.00357. The molecular weight excluding hydrogens is 476 g/mol. The van der Waals surface area contributed by atoms with Gasteiger partial charge in [0.2, 0.25) is 5.91 Å². The highest BCUT2D eigenvalue weighted by Crippen LogP contribution is 2.26. The normalized spacial score (nSPS) is 18.1. The summed E-state index contributed by atoms with van der Waals surface area (Å²) in [5.41, 5.74) is 5.92. The van der Waals surface area contributed by atoms with Gasteiger partial charge in [0, 0.05) is 52.0 Å². The third-order valence-electron chi connectivity index (χ3n) is 6.33. The summed E-state index contributed by atoms with van der Waals surface area (Å²) < 4.78 is 34.7. The quantitative estimate of drug-likeness (QED) is 0.474. The highest BCUT2D eigenvalue weighted by atomic mass is 19.2. The molecule has 2 heterocycles. The number of hydrogen-bond acceptors (Lipinski definition) is 5. The predicted molar refractivity (Wildman–Crippen MR) is 127 cm³/mol. The monoisotopic (exact) mass is 509 g/mol. The van der Waals surface area contributed by atoms with E-state index in [0.717, 1.165) is 17.0 Å². The van der Waals surface area contributed by atoms with Crippen molar-refractivity contribution in [2.75, 3.05) is 33.4 Å². The SMILES string of the molecule is COCCCCn1c(C(=O)N(CC(C)C)[C@H]2C[C@@H](C(N)=O)CN(C(=O)O)C2)nc2cc(F)c(F)cc21. The lowest BCUT2D eigenvalue weighted by Crippen LogP contribution is -2.56. The van der Waals surface area contributed by atoms with Gasteiger partial charge in [0.05, 0.1) is 23.0 Å². The van der Waals surface area contributed by atoms with Crippen molar-refractivity contribution in [3.8, 4) is 0 Å². The lowest BCUT2D eigenvalue weighted by molar-refractivity contribution is -0.124. The molecule has 1 aromatic heterocycles. The first-order chi connectivity index (χ1) is 17.0. The third-order valence-corrected chi connectivity index (χ3v) is 6.33. The molecular formula is C24H33F2N5O5. The first-order valence-electron chi connectivity index (χ1n) is 12.0. The van der Waals surface area contributed by atoms with E-state index in [4.69, 9.17) is 10.5 Å². The summed E-state index contributed by atoms with van der Waals surface area (Å²) in [6, 6.07) is 1.35. The first kappa shape index (κ1) is 27.3. The van der Waals surface area contributed by atoms with Gasteiger partial charge in [-0.15, -0.1) is 0 Å². The van der Waals surface area contributed by atoms with Gasteiger partial charge in [0.1, 0.15) is 0 Å². The van der Waals surface area contributed by atoms with Crippen LogP contribution >= 0.6 is 0 Å². The van der Waals surface area contributed by atoms with Crippen LogP contribution in [-0.4, -0.2) is 81.8 Å². The molecule has 0 aliphatic carbocycles. The summed E-state index contributed by atoms with van der Waals surface area (Å²) in [5.74, 6) is -4.01. The maximum Gasteiger partial charge on any atom is 0.407 e. The minimum Gasteiger partial charge on any atom is -0.465 e. The Morgan fingerprint density at radius 1 is 1.22 bits per heavy atom. The van der Waals surface area contributed by atoms with Gasteiger partial charge in [-0.3, -0.25) is 9.59 Å². The van der Waals surface area contributed by atoms with E-state index >= 15 is 0 Å². The summed E-state index contributed by atoms with van der Waals surface area (Å²) in [5, 5.41) is 9.58. The number of imidazole rings is 1. The largest absolute Gasteiger partial charge is 0.465 e. The molecule has 12 heteroatoms. The van der Waals surface area contributed by atoms with Crippen molar-refractivity contribution >= 4 is 28.9 Å². The predicted octanol–water partition coefficient (Wildman–Crippen LogP) is 2.69. The molecule has 1 saturated heterocycles. The number of piperidine rings is 1. The number of unbranched alkanes of at least 4 members (excludes halogenated alkanes) is 1. The molecule has 1 fully saturated rings. The van der Waals surface area contributed by atoms with E-state index in [2.05, 4.69) is 4.98 Å². The van der Waals surface area contributed by atoms with Crippen LogP contribution in [0.15, 0.2) is 12.1 Å². The number of carbonyl (C=O) groups excluding carboxylic acids is 2. The number of aromatic nitrogens is 2. The molecule has 1 aliphatic rings. The Kier molecular flexibility index (Phi) is 8.83. The Bertz CT molecular complexity index is 1100. The number of fused-ring (bicyclic) bond motifs is 1. The second-order valence-corrected chi connectivity index (χ2v) is 9.57. The highest BCUT2D eigenvalue weighted by molar-refractivity contribution is 5.95. The van der Waals surface area contributed by atoms with Crippen LogP contribution in [-0.2, 0) is 16.1 Å². The van der Waals surface area contributed by atoms with Crippen molar-refractivity contribution in [1.29, 1.82) is 0 Å². The number of carbonyl (C=O) groups is 3. The molecule has 2 aromatic rings. The summed E-state index contributed by atoms with van der Waals surface area (Å²) in [7, 11) is 1.58. The summed E-state index contributed by atoms with van der Waals surface area (Å²) in [6.45, 7) is 4.86. The molecule has 0 unspecified atom stereocenters. The second kappa shape index (κ2) is 11.6. The van der Waals surface area contributed by atoms with Crippen molar-refractivity contribution in [3.63, 3.8) is 0 Å². The standard InChI is InChI=1S/C24H33F2N5O5/c1-14(2)11-31(16-8-15(21(27)32)12-29(13-16)24(34)35)23(33)22-28-19-9-17(25)18(26)10-20(19)30(22)6-4-5-7-36-3/h9-10,14-16H,4-8,11-13H2,1-3H3,(H2,27,32)(H,34,35)/t15-,16+/m1/s1. The van der Waals surface area contributed by atoms with Crippen LogP contribution in [0, 0.1) is 23.5 Å². The number of amides is 3. The average Bonchev–Trinajstić information content (AvgIpc) is 3.16. The second-order valence-electron chi connectivity index (χ2n) is 9.57. The van der Waals surface area contributed by atoms with Gasteiger partial charge >= 0.3 is 6.09 Å². The van der Waals surface area contributed by atoms with Gasteiger partial charge in [-0.1, -0.05) is 13.8 Å². The van der Waals surface area contributed by atoms with Crippen molar-refractivity contribution < 1.29 is 33.0 Å². The Labute approximate surface area is 208 Å². The number of hydrogen-bond donors (Lipinski definition) is 2. The van der Waals surface area contributed by atoms with Crippen molar-refractivity contribution in [2.24, 2.45) is 17.6 Å². The zero-order valence-corrected chi connectivity index (χ0v) is 20.7. The number of nitrogens with two attached hydrogens (primary N) is 1. The van der Waals surface area contributed by atoms with Crippen LogP contribution in [0.1, 0.15) is 43.7 Å². The lowest BCUT2D eigenvalue weighted by atomic mass is 9.92. The van der Waals surface area contributed by atoms with Crippen molar-refractivity contribution in [1.82, 2.24) is 19.4 Å². The van der Waals surface area contributed by atoms with E-state index in [-0.39, 0.29) is 48.8 Å². The molecule has 0 radical (unpaired) electrons. The van der Waals surface area contributed by atoms with Crippen LogP contribution in [0.2, 0.25) is 0 Å². The van der Waals surface area contributed by atoms with E-state index in [1.165, 1.54) is 4.90 Å². The van der Waals surface area contributed by atoms with E-state index in [1.807, 2.05) is 13.8 Å². The number of halogens is 2. The van der Waals surface area contributed by atoms with Gasteiger partial charge < -0.3 is 29.9 Å². The van der Waals surface area contributed by atoms with E-state index < -0.39 is 41.5 Å². The van der Waals surface area contributed by atoms with Crippen LogP contribution in [0.25, 0.3) is 11.0 Å². The van der Waals surface area contributed by atoms with Crippen molar-refractivity contribution in [3.05, 3.63) is 29.6 Å². The zero-order valence-electron chi connectivity index (χ0n) is 20.7. The Balaban J connectivity index is 2.04. The minimum atomic E-state index is -1.21. The number of methoxy groups -OCH3 is 1. The third kappa shape index (κ3) is 6.10. The first-order valence-corrected chi connectivity index (χ1v) is 12.0. The number of likely N-dealkylation sites (tertiary alicyclic amines) is 1. The Hall–Kier alpha value is -3.28. The summed E-state index contributed by atoms with van der Waals surface area (Å²) >= 11 is 0. The van der Waals surface area contributed by atoms with E-state index in [0.29, 0.717) is 26.0 Å². The number of ether oxygens (including phenoxy) is 1. The smallest absolute Gasteiger partial charge is 0.407 e. The summed E-state index contributed by atoms with van der Waals surface area (Å²) in [6.07, 6.45) is 0.274. The molecule has 1 aromatic carbocycles. The fourth-order valence-electron chi connectivity index (χ4n) is 4.61. The molecule has 1 aliphatic heterocycles. The number of benzene rings is 1. The van der Waals surface area contributed by atoms with Crippen LogP contribution in [0.5, 0.6) is 0 Å². The van der Waals surface area contributed by atoms with Crippen LogP contribution < -0.4 is 5.73 Å². The molecule has 36 heavy (non-hydrogen) atoms. The molecule has 3 amide bonds. The van der Waals surface area contributed by atoms with Gasteiger partial charge in [-0.25, -0.2) is 18.6 Å². The molecule has 0 spiro atoms. The number of nitrogens with zero attached hydrogens (tertiary/aromatic N) is 4. The molecule has 2 atom stereocenters. The van der Waals surface area contributed by atoms with E-state index in [9.17, 15) is 28.3 Å². The number of rotatable bonds is 10. The topological polar surface area (TPSA) is 131 Å². The average molecular weight is 510 g/mol. The molecule has 0 saturated carbocycles. The van der Waals surface area contributed by atoms with Crippen LogP contribution in [0.4, 0.5) is 13.6 Å². The van der Waals surface area contributed by atoms with Gasteiger partial charge in [0.25, 0.3) is 5.91 Å². The molecule has 10 nitrogen and oxygen atoms in total. The Morgan fingerprint density at radius 3 is 2.53 bits per heavy atom. The molecule has 198 valence electrons. The fourth-order valence-corrected chi connectivity index (χ4v) is 4.61. The molecule has 3 N–H and O–H groups in total. The number of aryl methyl sites for hydroxylation is 1. The van der Waals surface area contributed by atoms with Gasteiger partial charge in [0.15, 0.2) is 17.5 Å². The maximum absolute atomic E-state index is 14.1. The van der Waals surface area contributed by atoms with Gasteiger partial charge in [-0.2, -0.15) is 0 Å². The number of carboxylic acid groups (broad SMARTS) is 1. The van der Waals surface area contributed by atoms with E-state index in [1.54, 1.807) is 11.7 Å². The highest BCUT2D eigenvalue weighted by Gasteiger charge is 2.39. The zero-order chi connectivity index (χ0) is 26.6. The van der Waals surface area contributed by atoms with Gasteiger partial charge in [-0.05, 0) is 25.2 Å². The van der Waals surface area contributed by atoms with Crippen LogP contribution in [0.3, 0.4) is 0 Å². The molecule has 3 rings (SSSR count). The Morgan fingerprint density at radius 2 is 1.92 bits per heavy atom. The summed E-state index contributed by atoms with van der Waals surface area (Å²) in [4.78, 5) is 44.6. The maximum atomic E-state index is 14.1. The fraction of sp³-hybridized carbons (Fsp3) is 0.583. The van der Waals surface area contributed by atoms with Crippen molar-refractivity contribution in [2.45, 2.75) is 45.7 Å². The lowest BCUT2D eigenvalue weighted by Gasteiger charge is -2.41. The molecule has 0 bridgehead atoms. The number of primary amides is 1.